The van der Waals surface area contributed by atoms with E-state index in [0.717, 1.165) is 12.8 Å². The standard InChI is InChI=1S/C18H19FN2O3S/c19-14-6-2-1-5-13(14)17-20-10-15(25-17)18(24)21-9-3-4-12(11-21)7-8-16(22)23/h1-2,5-6,10,12H,3-4,7-9,11H2,(H,22,23)/t12-/m0/s1. The molecule has 1 fully saturated rings. The minimum Gasteiger partial charge on any atom is -0.481 e. The highest BCUT2D eigenvalue weighted by Crippen LogP contribution is 2.29. The van der Waals surface area contributed by atoms with E-state index in [0.29, 0.717) is 35.0 Å². The molecule has 0 radical (unpaired) electrons. The van der Waals surface area contributed by atoms with Crippen LogP contribution in [0, 0.1) is 11.7 Å². The summed E-state index contributed by atoms with van der Waals surface area (Å²) in [5.74, 6) is -1.06. The highest BCUT2D eigenvalue weighted by atomic mass is 32.1. The Hall–Kier alpha value is -2.28. The van der Waals surface area contributed by atoms with Gasteiger partial charge >= 0.3 is 5.97 Å². The zero-order chi connectivity index (χ0) is 17.8. The predicted octanol–water partition coefficient (Wildman–Crippen LogP) is 3.67. The third-order valence-electron chi connectivity index (χ3n) is 4.39. The molecule has 7 heteroatoms. The number of carboxylic acid groups (broad SMARTS) is 1. The number of hydrogen-bond donors (Lipinski definition) is 1. The fourth-order valence-electron chi connectivity index (χ4n) is 3.10. The van der Waals surface area contributed by atoms with Gasteiger partial charge in [-0.05, 0) is 37.3 Å². The summed E-state index contributed by atoms with van der Waals surface area (Å²) in [4.78, 5) is 29.9. The van der Waals surface area contributed by atoms with Gasteiger partial charge in [0.15, 0.2) is 0 Å². The van der Waals surface area contributed by atoms with E-state index in [-0.39, 0.29) is 24.1 Å². The first-order valence-electron chi connectivity index (χ1n) is 8.26. The number of likely N-dealkylation sites (tertiary alicyclic amines) is 1. The highest BCUT2D eigenvalue weighted by molar-refractivity contribution is 7.16. The van der Waals surface area contributed by atoms with Crippen molar-refractivity contribution in [2.24, 2.45) is 5.92 Å². The normalized spacial score (nSPS) is 17.5. The van der Waals surface area contributed by atoms with E-state index in [1.165, 1.54) is 23.6 Å². The molecule has 1 N–H and O–H groups in total. The number of aliphatic carboxylic acids is 1. The maximum absolute atomic E-state index is 13.9. The molecule has 0 saturated carbocycles. The summed E-state index contributed by atoms with van der Waals surface area (Å²) in [5, 5.41) is 9.30. The largest absolute Gasteiger partial charge is 0.481 e. The number of carbonyl (C=O) groups is 2. The van der Waals surface area contributed by atoms with Gasteiger partial charge in [0.2, 0.25) is 0 Å². The van der Waals surface area contributed by atoms with Gasteiger partial charge in [0.1, 0.15) is 15.7 Å². The van der Waals surface area contributed by atoms with Crippen LogP contribution in [-0.4, -0.2) is 40.0 Å². The van der Waals surface area contributed by atoms with Crippen molar-refractivity contribution in [3.05, 3.63) is 41.2 Å². The van der Waals surface area contributed by atoms with Crippen LogP contribution in [0.2, 0.25) is 0 Å². The first-order chi connectivity index (χ1) is 12.0. The van der Waals surface area contributed by atoms with Gasteiger partial charge in [-0.2, -0.15) is 0 Å². The number of carboxylic acids is 1. The average Bonchev–Trinajstić information content (AvgIpc) is 3.10. The number of hydrogen-bond acceptors (Lipinski definition) is 4. The fraction of sp³-hybridized carbons (Fsp3) is 0.389. The molecule has 132 valence electrons. The highest BCUT2D eigenvalue weighted by Gasteiger charge is 2.26. The van der Waals surface area contributed by atoms with Crippen LogP contribution in [0.1, 0.15) is 35.4 Å². The minimum atomic E-state index is -0.805. The molecule has 1 saturated heterocycles. The lowest BCUT2D eigenvalue weighted by atomic mass is 9.93. The van der Waals surface area contributed by atoms with Crippen molar-refractivity contribution in [3.8, 4) is 10.6 Å². The average molecular weight is 362 g/mol. The van der Waals surface area contributed by atoms with Crippen LogP contribution in [0.15, 0.2) is 30.5 Å². The molecule has 1 atom stereocenters. The number of halogens is 1. The Morgan fingerprint density at radius 3 is 2.92 bits per heavy atom. The molecule has 0 unspecified atom stereocenters. The van der Waals surface area contributed by atoms with E-state index in [2.05, 4.69) is 4.98 Å². The van der Waals surface area contributed by atoms with Crippen LogP contribution in [0.25, 0.3) is 10.6 Å². The smallest absolute Gasteiger partial charge is 0.303 e. The fourth-order valence-corrected chi connectivity index (χ4v) is 4.01. The molecular formula is C18H19FN2O3S. The summed E-state index contributed by atoms with van der Waals surface area (Å²) in [7, 11) is 0. The first kappa shape index (κ1) is 17.5. The van der Waals surface area contributed by atoms with Crippen LogP contribution in [0.3, 0.4) is 0 Å². The molecule has 2 aromatic rings. The van der Waals surface area contributed by atoms with Crippen LogP contribution < -0.4 is 0 Å². The van der Waals surface area contributed by atoms with Crippen molar-refractivity contribution >= 4 is 23.2 Å². The summed E-state index contributed by atoms with van der Waals surface area (Å²) < 4.78 is 13.9. The predicted molar refractivity (Wildman–Crippen MR) is 93.0 cm³/mol. The van der Waals surface area contributed by atoms with Gasteiger partial charge in [-0.3, -0.25) is 9.59 Å². The molecule has 0 aliphatic carbocycles. The van der Waals surface area contributed by atoms with E-state index >= 15 is 0 Å². The molecule has 0 spiro atoms. The van der Waals surface area contributed by atoms with Gasteiger partial charge in [-0.25, -0.2) is 9.37 Å². The lowest BCUT2D eigenvalue weighted by molar-refractivity contribution is -0.137. The van der Waals surface area contributed by atoms with Crippen molar-refractivity contribution < 1.29 is 19.1 Å². The Kier molecular flexibility index (Phi) is 5.43. The second-order valence-electron chi connectivity index (χ2n) is 6.20. The molecule has 5 nitrogen and oxygen atoms in total. The van der Waals surface area contributed by atoms with Gasteiger partial charge in [0.05, 0.1) is 6.20 Å². The van der Waals surface area contributed by atoms with E-state index in [1.54, 1.807) is 23.1 Å². The Morgan fingerprint density at radius 2 is 2.16 bits per heavy atom. The van der Waals surface area contributed by atoms with Crippen molar-refractivity contribution in [2.75, 3.05) is 13.1 Å². The van der Waals surface area contributed by atoms with E-state index in [4.69, 9.17) is 5.11 Å². The monoisotopic (exact) mass is 362 g/mol. The van der Waals surface area contributed by atoms with E-state index < -0.39 is 5.97 Å². The maximum Gasteiger partial charge on any atom is 0.303 e. The zero-order valence-corrected chi connectivity index (χ0v) is 14.5. The van der Waals surface area contributed by atoms with Gasteiger partial charge in [0, 0.05) is 25.1 Å². The number of piperidine rings is 1. The molecule has 1 aromatic carbocycles. The second kappa shape index (κ2) is 7.74. The summed E-state index contributed by atoms with van der Waals surface area (Å²) in [5.41, 5.74) is 0.393. The number of aromatic nitrogens is 1. The van der Waals surface area contributed by atoms with Crippen LogP contribution in [0.4, 0.5) is 4.39 Å². The van der Waals surface area contributed by atoms with Crippen LogP contribution in [0.5, 0.6) is 0 Å². The van der Waals surface area contributed by atoms with Crippen molar-refractivity contribution in [2.45, 2.75) is 25.7 Å². The Labute approximate surface area is 149 Å². The number of thiazole rings is 1. The summed E-state index contributed by atoms with van der Waals surface area (Å²) in [6, 6.07) is 6.36. The lowest BCUT2D eigenvalue weighted by Crippen LogP contribution is -2.39. The summed E-state index contributed by atoms with van der Waals surface area (Å²) in [6.07, 6.45) is 4.03. The summed E-state index contributed by atoms with van der Waals surface area (Å²) >= 11 is 1.18. The molecule has 0 bridgehead atoms. The van der Waals surface area contributed by atoms with Crippen molar-refractivity contribution in [1.82, 2.24) is 9.88 Å². The van der Waals surface area contributed by atoms with Gasteiger partial charge in [-0.1, -0.05) is 12.1 Å². The third kappa shape index (κ3) is 4.22. The molecular weight excluding hydrogens is 343 g/mol. The van der Waals surface area contributed by atoms with E-state index in [9.17, 15) is 14.0 Å². The van der Waals surface area contributed by atoms with Crippen molar-refractivity contribution in [3.63, 3.8) is 0 Å². The van der Waals surface area contributed by atoms with Crippen LogP contribution in [-0.2, 0) is 4.79 Å². The van der Waals surface area contributed by atoms with E-state index in [1.807, 2.05) is 0 Å². The number of benzene rings is 1. The molecule has 1 aromatic heterocycles. The third-order valence-corrected chi connectivity index (χ3v) is 5.41. The number of carbonyl (C=O) groups excluding carboxylic acids is 1. The quantitative estimate of drug-likeness (QED) is 0.881. The lowest BCUT2D eigenvalue weighted by Gasteiger charge is -2.32. The van der Waals surface area contributed by atoms with Gasteiger partial charge in [-0.15, -0.1) is 11.3 Å². The molecule has 1 aliphatic heterocycles. The summed E-state index contributed by atoms with van der Waals surface area (Å²) in [6.45, 7) is 1.23. The maximum atomic E-state index is 13.9. The second-order valence-corrected chi connectivity index (χ2v) is 7.23. The van der Waals surface area contributed by atoms with Gasteiger partial charge < -0.3 is 10.0 Å². The SMILES string of the molecule is O=C(O)CC[C@@H]1CCCN(C(=O)c2cnc(-c3ccccc3F)s2)C1. The van der Waals surface area contributed by atoms with Crippen LogP contribution >= 0.6 is 11.3 Å². The molecule has 3 rings (SSSR count). The topological polar surface area (TPSA) is 70.5 Å². The zero-order valence-electron chi connectivity index (χ0n) is 13.7. The number of rotatable bonds is 5. The van der Waals surface area contributed by atoms with Crippen molar-refractivity contribution in [1.29, 1.82) is 0 Å². The van der Waals surface area contributed by atoms with Gasteiger partial charge in [0.25, 0.3) is 5.91 Å². The molecule has 25 heavy (non-hydrogen) atoms. The molecule has 1 aliphatic rings. The number of amides is 1. The molecule has 1 amide bonds. The molecule has 2 heterocycles. The first-order valence-corrected chi connectivity index (χ1v) is 9.08. The Morgan fingerprint density at radius 1 is 1.36 bits per heavy atom. The Balaban J connectivity index is 1.69. The Bertz CT molecular complexity index is 777. The number of nitrogens with zero attached hydrogens (tertiary/aromatic N) is 2. The minimum absolute atomic E-state index is 0.111.